The Morgan fingerprint density at radius 1 is 1.19 bits per heavy atom. The second-order valence-corrected chi connectivity index (χ2v) is 5.30. The molecule has 21 heavy (non-hydrogen) atoms. The molecule has 1 aromatic carbocycles. The summed E-state index contributed by atoms with van der Waals surface area (Å²) in [7, 11) is 1.50. The molecule has 0 aliphatic carbocycles. The van der Waals surface area contributed by atoms with Gasteiger partial charge in [0.1, 0.15) is 0 Å². The van der Waals surface area contributed by atoms with E-state index in [1.807, 2.05) is 0 Å². The third-order valence-electron chi connectivity index (χ3n) is 3.46. The fourth-order valence-corrected chi connectivity index (χ4v) is 2.21. The Balaban J connectivity index is 2.21. The number of carbonyl (C=O) groups excluding carboxylic acids is 1. The van der Waals surface area contributed by atoms with Gasteiger partial charge in [0.05, 0.1) is 13.5 Å². The quantitative estimate of drug-likeness (QED) is 0.650. The van der Waals surface area contributed by atoms with E-state index in [1.165, 1.54) is 39.2 Å². The molecule has 0 aliphatic rings. The molecule has 0 atom stereocenters. The molecule has 0 aliphatic heterocycles. The lowest BCUT2D eigenvalue weighted by Crippen LogP contribution is -2.26. The summed E-state index contributed by atoms with van der Waals surface area (Å²) in [6, 6.07) is 4.98. The van der Waals surface area contributed by atoms with Gasteiger partial charge in [-0.3, -0.25) is 4.79 Å². The molecule has 0 saturated carbocycles. The Kier molecular flexibility index (Phi) is 8.32. The summed E-state index contributed by atoms with van der Waals surface area (Å²) in [5.74, 6) is 0.501. The van der Waals surface area contributed by atoms with Gasteiger partial charge >= 0.3 is 0 Å². The summed E-state index contributed by atoms with van der Waals surface area (Å²) in [5.41, 5.74) is 0.838. The van der Waals surface area contributed by atoms with Gasteiger partial charge in [-0.25, -0.2) is 0 Å². The standard InChI is InChI=1S/C17H27NO3/c1-3-4-5-6-7-8-11-18-17(20)13-14-9-10-15(19)16(12-14)21-2/h9-10,12,19H,3-8,11,13H2,1-2H3,(H,18,20). The molecule has 0 unspecified atom stereocenters. The maximum Gasteiger partial charge on any atom is 0.224 e. The molecule has 0 aromatic heterocycles. The van der Waals surface area contributed by atoms with E-state index in [-0.39, 0.29) is 11.7 Å². The average molecular weight is 293 g/mol. The first-order valence-corrected chi connectivity index (χ1v) is 7.80. The van der Waals surface area contributed by atoms with Crippen LogP contribution < -0.4 is 10.1 Å². The molecular weight excluding hydrogens is 266 g/mol. The predicted octanol–water partition coefficient (Wildman–Crippen LogP) is 3.42. The van der Waals surface area contributed by atoms with Crippen molar-refractivity contribution in [3.8, 4) is 11.5 Å². The monoisotopic (exact) mass is 293 g/mol. The van der Waals surface area contributed by atoms with Gasteiger partial charge in [0.25, 0.3) is 0 Å². The highest BCUT2D eigenvalue weighted by Gasteiger charge is 2.06. The van der Waals surface area contributed by atoms with Crippen molar-refractivity contribution in [2.24, 2.45) is 0 Å². The van der Waals surface area contributed by atoms with Crippen LogP contribution >= 0.6 is 0 Å². The van der Waals surface area contributed by atoms with E-state index in [4.69, 9.17) is 4.74 Å². The van der Waals surface area contributed by atoms with Crippen molar-refractivity contribution < 1.29 is 14.6 Å². The number of phenolic OH excluding ortho intramolecular Hbond substituents is 1. The maximum absolute atomic E-state index is 11.8. The van der Waals surface area contributed by atoms with Crippen LogP contribution in [0, 0.1) is 0 Å². The molecular formula is C17H27NO3. The van der Waals surface area contributed by atoms with Crippen molar-refractivity contribution in [2.75, 3.05) is 13.7 Å². The average Bonchev–Trinajstić information content (AvgIpc) is 2.48. The lowest BCUT2D eigenvalue weighted by molar-refractivity contribution is -0.120. The minimum Gasteiger partial charge on any atom is -0.504 e. The molecule has 4 nitrogen and oxygen atoms in total. The lowest BCUT2D eigenvalue weighted by Gasteiger charge is -2.08. The predicted molar refractivity (Wildman–Crippen MR) is 84.7 cm³/mol. The molecule has 1 aromatic rings. The van der Waals surface area contributed by atoms with Crippen LogP contribution in [-0.4, -0.2) is 24.7 Å². The third-order valence-corrected chi connectivity index (χ3v) is 3.46. The number of hydrogen-bond donors (Lipinski definition) is 2. The Bertz CT molecular complexity index is 432. The topological polar surface area (TPSA) is 58.6 Å². The number of benzene rings is 1. The first-order valence-electron chi connectivity index (χ1n) is 7.80. The number of nitrogens with one attached hydrogen (secondary N) is 1. The molecule has 1 amide bonds. The summed E-state index contributed by atoms with van der Waals surface area (Å²) in [4.78, 5) is 11.8. The minimum atomic E-state index is 0.0105. The fourth-order valence-electron chi connectivity index (χ4n) is 2.21. The number of phenols is 1. The molecule has 118 valence electrons. The van der Waals surface area contributed by atoms with E-state index in [0.717, 1.165) is 18.5 Å². The summed E-state index contributed by atoms with van der Waals surface area (Å²) in [6.45, 7) is 2.94. The van der Waals surface area contributed by atoms with Gasteiger partial charge in [0.2, 0.25) is 5.91 Å². The van der Waals surface area contributed by atoms with E-state index in [2.05, 4.69) is 12.2 Å². The SMILES string of the molecule is CCCCCCCCNC(=O)Cc1ccc(O)c(OC)c1. The zero-order chi connectivity index (χ0) is 15.5. The summed E-state index contributed by atoms with van der Waals surface area (Å²) in [5, 5.41) is 12.4. The summed E-state index contributed by atoms with van der Waals surface area (Å²) < 4.78 is 5.03. The molecule has 4 heteroatoms. The van der Waals surface area contributed by atoms with Crippen LogP contribution in [0.15, 0.2) is 18.2 Å². The van der Waals surface area contributed by atoms with Crippen LogP contribution in [0.4, 0.5) is 0 Å². The number of ether oxygens (including phenoxy) is 1. The van der Waals surface area contributed by atoms with Gasteiger partial charge in [0.15, 0.2) is 11.5 Å². The van der Waals surface area contributed by atoms with Crippen molar-refractivity contribution in [1.82, 2.24) is 5.32 Å². The van der Waals surface area contributed by atoms with Crippen LogP contribution in [0.25, 0.3) is 0 Å². The highest BCUT2D eigenvalue weighted by molar-refractivity contribution is 5.78. The molecule has 1 rings (SSSR count). The Labute approximate surface area is 127 Å². The molecule has 0 fully saturated rings. The number of methoxy groups -OCH3 is 1. The molecule has 0 radical (unpaired) electrons. The van der Waals surface area contributed by atoms with Crippen LogP contribution in [0.2, 0.25) is 0 Å². The van der Waals surface area contributed by atoms with Crippen molar-refractivity contribution >= 4 is 5.91 Å². The van der Waals surface area contributed by atoms with Crippen molar-refractivity contribution in [1.29, 1.82) is 0 Å². The van der Waals surface area contributed by atoms with Crippen LogP contribution in [0.3, 0.4) is 0 Å². The highest BCUT2D eigenvalue weighted by Crippen LogP contribution is 2.26. The number of carbonyl (C=O) groups is 1. The largest absolute Gasteiger partial charge is 0.504 e. The fraction of sp³-hybridized carbons (Fsp3) is 0.588. The zero-order valence-electron chi connectivity index (χ0n) is 13.2. The van der Waals surface area contributed by atoms with Gasteiger partial charge in [0, 0.05) is 6.54 Å². The van der Waals surface area contributed by atoms with E-state index in [9.17, 15) is 9.90 Å². The lowest BCUT2D eigenvalue weighted by atomic mass is 10.1. The number of amides is 1. The van der Waals surface area contributed by atoms with Crippen molar-refractivity contribution in [2.45, 2.75) is 51.9 Å². The van der Waals surface area contributed by atoms with Crippen LogP contribution in [0.5, 0.6) is 11.5 Å². The van der Waals surface area contributed by atoms with Crippen LogP contribution in [0.1, 0.15) is 51.0 Å². The van der Waals surface area contributed by atoms with Gasteiger partial charge in [-0.1, -0.05) is 45.1 Å². The second-order valence-electron chi connectivity index (χ2n) is 5.30. The number of unbranched alkanes of at least 4 members (excludes halogenated alkanes) is 5. The first-order chi connectivity index (χ1) is 10.2. The number of hydrogen-bond acceptors (Lipinski definition) is 3. The molecule has 0 spiro atoms. The molecule has 0 bridgehead atoms. The van der Waals surface area contributed by atoms with Gasteiger partial charge in [-0.05, 0) is 24.1 Å². The second kappa shape index (κ2) is 10.1. The Hall–Kier alpha value is -1.71. The smallest absolute Gasteiger partial charge is 0.224 e. The molecule has 0 heterocycles. The molecule has 2 N–H and O–H groups in total. The van der Waals surface area contributed by atoms with E-state index in [0.29, 0.717) is 12.2 Å². The van der Waals surface area contributed by atoms with Crippen molar-refractivity contribution in [3.63, 3.8) is 0 Å². The number of rotatable bonds is 10. The van der Waals surface area contributed by atoms with Gasteiger partial charge in [-0.2, -0.15) is 0 Å². The van der Waals surface area contributed by atoms with E-state index in [1.54, 1.807) is 18.2 Å². The molecule has 0 saturated heterocycles. The Morgan fingerprint density at radius 2 is 1.90 bits per heavy atom. The Morgan fingerprint density at radius 3 is 2.62 bits per heavy atom. The normalized spacial score (nSPS) is 10.4. The third kappa shape index (κ3) is 7.02. The van der Waals surface area contributed by atoms with Crippen molar-refractivity contribution in [3.05, 3.63) is 23.8 Å². The number of aromatic hydroxyl groups is 1. The maximum atomic E-state index is 11.8. The summed E-state index contributed by atoms with van der Waals surface area (Å²) >= 11 is 0. The summed E-state index contributed by atoms with van der Waals surface area (Å²) in [6.07, 6.45) is 7.62. The van der Waals surface area contributed by atoms with Gasteiger partial charge in [-0.15, -0.1) is 0 Å². The van der Waals surface area contributed by atoms with E-state index < -0.39 is 0 Å². The van der Waals surface area contributed by atoms with Gasteiger partial charge < -0.3 is 15.2 Å². The minimum absolute atomic E-state index is 0.0105. The van der Waals surface area contributed by atoms with E-state index >= 15 is 0 Å². The van der Waals surface area contributed by atoms with Crippen LogP contribution in [-0.2, 0) is 11.2 Å². The first kappa shape index (κ1) is 17.3. The highest BCUT2D eigenvalue weighted by atomic mass is 16.5. The zero-order valence-corrected chi connectivity index (χ0v) is 13.2.